The van der Waals surface area contributed by atoms with Crippen molar-refractivity contribution in [3.63, 3.8) is 0 Å². The summed E-state index contributed by atoms with van der Waals surface area (Å²) in [5.41, 5.74) is 9.56. The lowest BCUT2D eigenvalue weighted by Gasteiger charge is -2.26. The molecule has 0 fully saturated rings. The summed E-state index contributed by atoms with van der Waals surface area (Å²) in [5, 5.41) is 0. The second kappa shape index (κ2) is 7.97. The Balaban J connectivity index is 2.27. The average Bonchev–Trinajstić information content (AvgIpc) is 2.67. The van der Waals surface area contributed by atoms with Crippen LogP contribution in [0.5, 0.6) is 0 Å². The number of hydrogen-bond donors (Lipinski definition) is 0. The first-order chi connectivity index (χ1) is 14.6. The highest BCUT2D eigenvalue weighted by Gasteiger charge is 2.21. The van der Waals surface area contributed by atoms with Gasteiger partial charge in [-0.2, -0.15) is 0 Å². The minimum Gasteiger partial charge on any atom is -0.0614 e. The van der Waals surface area contributed by atoms with Crippen LogP contribution in [0.4, 0.5) is 0 Å². The standard InChI is InChI=1S/C31H40/c1-21-14-23(22-12-11-13-26(17-22)29(2,3)4)16-24(15-21)25-18-27(30(5,6)7)20-28(19-25)31(8,9)10/h11-20H,1-10H3/i16D. The summed E-state index contributed by atoms with van der Waals surface area (Å²) in [6, 6.07) is 20.6. The molecule has 0 amide bonds. The van der Waals surface area contributed by atoms with Gasteiger partial charge in [-0.15, -0.1) is 0 Å². The summed E-state index contributed by atoms with van der Waals surface area (Å²) in [6.07, 6.45) is 0. The van der Waals surface area contributed by atoms with Crippen LogP contribution in [0.2, 0.25) is 0 Å². The molecule has 3 aromatic rings. The van der Waals surface area contributed by atoms with Gasteiger partial charge in [-0.25, -0.2) is 0 Å². The zero-order valence-electron chi connectivity index (χ0n) is 22.2. The molecule has 164 valence electrons. The van der Waals surface area contributed by atoms with Crippen LogP contribution in [0.3, 0.4) is 0 Å². The molecule has 0 radical (unpaired) electrons. The Bertz CT molecular complexity index is 1100. The van der Waals surface area contributed by atoms with Gasteiger partial charge in [0, 0.05) is 0 Å². The molecule has 0 nitrogen and oxygen atoms in total. The lowest BCUT2D eigenvalue weighted by atomic mass is 9.78. The van der Waals surface area contributed by atoms with E-state index in [1.54, 1.807) is 0 Å². The Morgan fingerprint density at radius 1 is 0.516 bits per heavy atom. The molecule has 0 heteroatoms. The third-order valence-electron chi connectivity index (χ3n) is 6.03. The highest BCUT2D eigenvalue weighted by atomic mass is 14.3. The Morgan fingerprint density at radius 2 is 0.968 bits per heavy atom. The van der Waals surface area contributed by atoms with E-state index in [2.05, 4.69) is 124 Å². The number of aryl methyl sites for hydroxylation is 1. The molecule has 0 saturated carbocycles. The van der Waals surface area contributed by atoms with Gasteiger partial charge in [0.2, 0.25) is 0 Å². The first-order valence-corrected chi connectivity index (χ1v) is 11.5. The van der Waals surface area contributed by atoms with Crippen molar-refractivity contribution in [3.8, 4) is 22.3 Å². The molecule has 3 rings (SSSR count). The van der Waals surface area contributed by atoms with E-state index in [1.807, 2.05) is 0 Å². The maximum atomic E-state index is 9.20. The molecule has 0 aliphatic rings. The molecule has 0 heterocycles. The zero-order chi connectivity index (χ0) is 24.1. The summed E-state index contributed by atoms with van der Waals surface area (Å²) < 4.78 is 9.20. The topological polar surface area (TPSA) is 0 Å². The van der Waals surface area contributed by atoms with Crippen LogP contribution in [0.1, 0.15) is 85.9 Å². The molecule has 0 aliphatic heterocycles. The highest BCUT2D eigenvalue weighted by molar-refractivity contribution is 5.75. The van der Waals surface area contributed by atoms with Crippen molar-refractivity contribution in [3.05, 3.63) is 82.9 Å². The SMILES string of the molecule is [2H]c1c(-c2cccc(C(C)(C)C)c2)cc(C)cc1-c1cc(C(C)(C)C)cc(C(C)(C)C)c1. The maximum Gasteiger partial charge on any atom is 0.0636 e. The fraction of sp³-hybridized carbons (Fsp3) is 0.419. The van der Waals surface area contributed by atoms with E-state index in [4.69, 9.17) is 0 Å². The largest absolute Gasteiger partial charge is 0.0636 e. The van der Waals surface area contributed by atoms with Gasteiger partial charge in [-0.1, -0.05) is 117 Å². The van der Waals surface area contributed by atoms with Gasteiger partial charge in [0.1, 0.15) is 0 Å². The number of hydrogen-bond acceptors (Lipinski definition) is 0. The first kappa shape index (κ1) is 21.9. The van der Waals surface area contributed by atoms with Crippen LogP contribution in [0.25, 0.3) is 22.3 Å². The molecule has 0 saturated heterocycles. The van der Waals surface area contributed by atoms with Gasteiger partial charge >= 0.3 is 0 Å². The average molecular weight is 414 g/mol. The molecule has 0 aliphatic carbocycles. The van der Waals surface area contributed by atoms with E-state index in [0.29, 0.717) is 6.04 Å². The minimum atomic E-state index is 0.0475. The quantitative estimate of drug-likeness (QED) is 0.393. The fourth-order valence-corrected chi connectivity index (χ4v) is 3.83. The van der Waals surface area contributed by atoms with Crippen molar-refractivity contribution in [1.29, 1.82) is 0 Å². The minimum absolute atomic E-state index is 0.0475. The van der Waals surface area contributed by atoms with E-state index in [-0.39, 0.29) is 16.2 Å². The van der Waals surface area contributed by atoms with Gasteiger partial charge in [0.15, 0.2) is 0 Å². The van der Waals surface area contributed by atoms with E-state index >= 15 is 0 Å². The van der Waals surface area contributed by atoms with Crippen LogP contribution < -0.4 is 0 Å². The molecule has 0 unspecified atom stereocenters. The van der Waals surface area contributed by atoms with Crippen molar-refractivity contribution in [2.24, 2.45) is 0 Å². The normalized spacial score (nSPS) is 13.3. The summed E-state index contributed by atoms with van der Waals surface area (Å²) in [7, 11) is 0. The zero-order valence-corrected chi connectivity index (χ0v) is 21.2. The summed E-state index contributed by atoms with van der Waals surface area (Å²) in [6.45, 7) is 22.4. The van der Waals surface area contributed by atoms with Crippen molar-refractivity contribution in [2.45, 2.75) is 85.5 Å². The Morgan fingerprint density at radius 3 is 1.45 bits per heavy atom. The summed E-state index contributed by atoms with van der Waals surface area (Å²) in [5.74, 6) is 0. The number of rotatable bonds is 2. The fourth-order valence-electron chi connectivity index (χ4n) is 3.83. The third kappa shape index (κ3) is 5.48. The van der Waals surface area contributed by atoms with E-state index in [0.717, 1.165) is 22.3 Å². The first-order valence-electron chi connectivity index (χ1n) is 12.0. The smallest absolute Gasteiger partial charge is 0.0614 e. The molecule has 0 bridgehead atoms. The maximum absolute atomic E-state index is 9.20. The van der Waals surface area contributed by atoms with Crippen LogP contribution in [0.15, 0.2) is 60.6 Å². The summed E-state index contributed by atoms with van der Waals surface area (Å²) >= 11 is 0. The van der Waals surface area contributed by atoms with Gasteiger partial charge < -0.3 is 0 Å². The van der Waals surface area contributed by atoms with E-state index in [1.165, 1.54) is 22.3 Å². The van der Waals surface area contributed by atoms with Crippen LogP contribution in [0, 0.1) is 6.92 Å². The molecular formula is C31H40. The van der Waals surface area contributed by atoms with Crippen LogP contribution in [-0.4, -0.2) is 0 Å². The van der Waals surface area contributed by atoms with Gasteiger partial charge in [0.05, 0.1) is 1.37 Å². The predicted molar refractivity (Wildman–Crippen MR) is 138 cm³/mol. The van der Waals surface area contributed by atoms with Gasteiger partial charge in [-0.05, 0) is 73.7 Å². The summed E-state index contributed by atoms with van der Waals surface area (Å²) in [4.78, 5) is 0. The molecule has 0 N–H and O–H groups in total. The molecular weight excluding hydrogens is 372 g/mol. The van der Waals surface area contributed by atoms with E-state index in [9.17, 15) is 1.37 Å². The number of benzene rings is 3. The van der Waals surface area contributed by atoms with Crippen molar-refractivity contribution in [1.82, 2.24) is 0 Å². The van der Waals surface area contributed by atoms with Gasteiger partial charge in [-0.3, -0.25) is 0 Å². The van der Waals surface area contributed by atoms with Crippen molar-refractivity contribution < 1.29 is 1.37 Å². The molecule has 31 heavy (non-hydrogen) atoms. The van der Waals surface area contributed by atoms with Crippen molar-refractivity contribution >= 4 is 0 Å². The van der Waals surface area contributed by atoms with E-state index < -0.39 is 0 Å². The molecule has 0 aromatic heterocycles. The third-order valence-corrected chi connectivity index (χ3v) is 6.03. The Labute approximate surface area is 192 Å². The molecule has 3 aromatic carbocycles. The van der Waals surface area contributed by atoms with Gasteiger partial charge in [0.25, 0.3) is 0 Å². The highest BCUT2D eigenvalue weighted by Crippen LogP contribution is 2.36. The molecule has 0 spiro atoms. The Kier molecular flexibility index (Phi) is 5.63. The second-order valence-corrected chi connectivity index (χ2v) is 12.1. The molecule has 0 atom stereocenters. The van der Waals surface area contributed by atoms with Crippen LogP contribution in [-0.2, 0) is 16.2 Å². The lowest BCUT2D eigenvalue weighted by Crippen LogP contribution is -2.16. The van der Waals surface area contributed by atoms with Crippen molar-refractivity contribution in [2.75, 3.05) is 0 Å². The van der Waals surface area contributed by atoms with Crippen LogP contribution >= 0.6 is 0 Å². The second-order valence-electron chi connectivity index (χ2n) is 12.1. The monoisotopic (exact) mass is 413 g/mol. The lowest BCUT2D eigenvalue weighted by molar-refractivity contribution is 0.569. The Hall–Kier alpha value is -2.34. The predicted octanol–water partition coefficient (Wildman–Crippen LogP) is 9.22.